The monoisotopic (exact) mass is 540 g/mol. The topological polar surface area (TPSA) is 112 Å². The van der Waals surface area contributed by atoms with Crippen LogP contribution >= 0.6 is 0 Å². The molecule has 39 heavy (non-hydrogen) atoms. The molecule has 1 heterocycles. The van der Waals surface area contributed by atoms with Crippen molar-refractivity contribution >= 4 is 28.7 Å². The number of nitrogens with one attached hydrogen (secondary N) is 3. The van der Waals surface area contributed by atoms with Crippen molar-refractivity contribution in [1.82, 2.24) is 20.5 Å². The average Bonchev–Trinajstić information content (AvgIpc) is 3.13. The van der Waals surface area contributed by atoms with Crippen molar-refractivity contribution in [2.45, 2.75) is 92.3 Å². The van der Waals surface area contributed by atoms with E-state index in [1.54, 1.807) is 13.1 Å². The number of carbonyl (C=O) groups is 3. The lowest BCUT2D eigenvalue weighted by Crippen LogP contribution is -2.61. The van der Waals surface area contributed by atoms with Crippen LogP contribution in [0.25, 0.3) is 10.9 Å². The maximum Gasteiger partial charge on any atom is 0.331 e. The highest BCUT2D eigenvalue weighted by molar-refractivity contribution is 5.93. The van der Waals surface area contributed by atoms with Gasteiger partial charge < -0.3 is 25.6 Å². The first-order valence-corrected chi connectivity index (χ1v) is 13.7. The van der Waals surface area contributed by atoms with Crippen LogP contribution in [0.2, 0.25) is 0 Å². The number of aromatic nitrogens is 1. The van der Waals surface area contributed by atoms with Gasteiger partial charge in [0.05, 0.1) is 12.1 Å². The van der Waals surface area contributed by atoms with Gasteiger partial charge in [-0.05, 0) is 43.4 Å². The fourth-order valence-corrected chi connectivity index (χ4v) is 5.43. The van der Waals surface area contributed by atoms with Gasteiger partial charge in [-0.25, -0.2) is 4.79 Å². The molecular formula is C31H48N4O4. The summed E-state index contributed by atoms with van der Waals surface area (Å²) in [6.45, 7) is 17.3. The molecule has 1 aromatic carbocycles. The van der Waals surface area contributed by atoms with E-state index in [0.29, 0.717) is 0 Å². The third-order valence-corrected chi connectivity index (χ3v) is 7.69. The van der Waals surface area contributed by atoms with Gasteiger partial charge in [-0.2, -0.15) is 0 Å². The molecule has 2 aromatic rings. The molecule has 0 saturated carbocycles. The number of amides is 2. The van der Waals surface area contributed by atoms with Gasteiger partial charge in [-0.1, -0.05) is 79.7 Å². The summed E-state index contributed by atoms with van der Waals surface area (Å²) >= 11 is 0. The molecule has 0 bridgehead atoms. The predicted molar refractivity (Wildman–Crippen MR) is 158 cm³/mol. The average molecular weight is 541 g/mol. The number of fused-ring (bicyclic) bond motifs is 1. The number of para-hydroxylation sites is 1. The summed E-state index contributed by atoms with van der Waals surface area (Å²) in [5.74, 6) is -1.70. The molecule has 0 saturated heterocycles. The Hall–Kier alpha value is -3.13. The summed E-state index contributed by atoms with van der Waals surface area (Å²) < 4.78 is 2.20. The quantitative estimate of drug-likeness (QED) is 0.317. The van der Waals surface area contributed by atoms with Gasteiger partial charge in [0, 0.05) is 34.6 Å². The van der Waals surface area contributed by atoms with Crippen molar-refractivity contribution < 1.29 is 19.5 Å². The predicted octanol–water partition coefficient (Wildman–Crippen LogP) is 4.31. The zero-order valence-corrected chi connectivity index (χ0v) is 25.5. The normalized spacial score (nSPS) is 15.2. The summed E-state index contributed by atoms with van der Waals surface area (Å²) in [5.41, 5.74) is 2.35. The smallest absolute Gasteiger partial charge is 0.331 e. The highest BCUT2D eigenvalue weighted by atomic mass is 16.4. The van der Waals surface area contributed by atoms with E-state index in [0.717, 1.165) is 22.9 Å². The number of hydrogen-bond donors (Lipinski definition) is 4. The van der Waals surface area contributed by atoms with Crippen LogP contribution in [0.5, 0.6) is 0 Å². The molecule has 8 heteroatoms. The molecule has 0 aliphatic rings. The van der Waals surface area contributed by atoms with E-state index < -0.39 is 34.9 Å². The first-order chi connectivity index (χ1) is 18.0. The van der Waals surface area contributed by atoms with Crippen molar-refractivity contribution in [2.75, 3.05) is 7.05 Å². The Morgan fingerprint density at radius 1 is 1.00 bits per heavy atom. The lowest BCUT2D eigenvalue weighted by atomic mass is 9.75. The molecule has 0 unspecified atom stereocenters. The lowest BCUT2D eigenvalue weighted by Gasteiger charge is -2.38. The Morgan fingerprint density at radius 2 is 1.56 bits per heavy atom. The summed E-state index contributed by atoms with van der Waals surface area (Å²) in [6, 6.07) is 6.27. The summed E-state index contributed by atoms with van der Waals surface area (Å²) in [6.07, 6.45) is 2.37. The van der Waals surface area contributed by atoms with E-state index in [1.165, 1.54) is 12.6 Å². The number of rotatable bonds is 11. The van der Waals surface area contributed by atoms with Crippen molar-refractivity contribution in [1.29, 1.82) is 0 Å². The van der Waals surface area contributed by atoms with E-state index in [2.05, 4.69) is 60.5 Å². The minimum Gasteiger partial charge on any atom is -0.478 e. The van der Waals surface area contributed by atoms with E-state index in [-0.39, 0.29) is 23.3 Å². The zero-order valence-electron chi connectivity index (χ0n) is 25.5. The van der Waals surface area contributed by atoms with E-state index in [9.17, 15) is 19.5 Å². The Morgan fingerprint density at radius 3 is 2.05 bits per heavy atom. The molecule has 4 N–H and O–H groups in total. The molecule has 0 spiro atoms. The molecule has 0 radical (unpaired) electrons. The number of carbonyl (C=O) groups excluding carboxylic acids is 2. The van der Waals surface area contributed by atoms with E-state index in [1.807, 2.05) is 46.8 Å². The van der Waals surface area contributed by atoms with E-state index >= 15 is 0 Å². The number of carboxylic acid groups (broad SMARTS) is 1. The van der Waals surface area contributed by atoms with Crippen molar-refractivity contribution in [2.24, 2.45) is 18.4 Å². The fraction of sp³-hybridized carbons (Fsp3) is 0.581. The molecular weight excluding hydrogens is 492 g/mol. The number of hydrogen-bond acceptors (Lipinski definition) is 4. The van der Waals surface area contributed by atoms with Crippen LogP contribution in [-0.2, 0) is 33.3 Å². The van der Waals surface area contributed by atoms with Crippen LogP contribution < -0.4 is 16.0 Å². The van der Waals surface area contributed by atoms with Gasteiger partial charge in [0.2, 0.25) is 11.8 Å². The Labute approximate surface area is 233 Å². The van der Waals surface area contributed by atoms with Gasteiger partial charge in [0.1, 0.15) is 6.04 Å². The van der Waals surface area contributed by atoms with Crippen LogP contribution in [0, 0.1) is 11.3 Å². The second kappa shape index (κ2) is 12.4. The summed E-state index contributed by atoms with van der Waals surface area (Å²) in [4.78, 5) is 38.9. The minimum atomic E-state index is -1.03. The Balaban J connectivity index is 2.46. The number of nitrogens with zero attached hydrogens (tertiary/aromatic N) is 1. The van der Waals surface area contributed by atoms with Crippen LogP contribution in [-0.4, -0.2) is 52.6 Å². The van der Waals surface area contributed by atoms with Gasteiger partial charge in [0.15, 0.2) is 0 Å². The first kappa shape index (κ1) is 32.1. The molecule has 216 valence electrons. The van der Waals surface area contributed by atoms with Gasteiger partial charge >= 0.3 is 5.97 Å². The Bertz CT molecular complexity index is 1230. The largest absolute Gasteiger partial charge is 0.478 e. The molecule has 2 amide bonds. The molecule has 0 aliphatic carbocycles. The molecule has 3 atom stereocenters. The SMILES string of the molecule is CCc1c(C(C)(C)[C@H](NC)C(=O)N[C@H](C(=O)N[C@H](C=C(C)C(=O)O)C(C)C)C(C)(C)C)c2ccccc2n1C. The van der Waals surface area contributed by atoms with Gasteiger partial charge in [-0.15, -0.1) is 0 Å². The van der Waals surface area contributed by atoms with Crippen molar-refractivity contribution in [3.63, 3.8) is 0 Å². The molecule has 8 nitrogen and oxygen atoms in total. The number of aliphatic carboxylic acids is 1. The van der Waals surface area contributed by atoms with Crippen LogP contribution in [0.4, 0.5) is 0 Å². The third-order valence-electron chi connectivity index (χ3n) is 7.69. The Kier molecular flexibility index (Phi) is 10.2. The minimum absolute atomic E-state index is 0.0395. The summed E-state index contributed by atoms with van der Waals surface area (Å²) in [7, 11) is 3.82. The van der Waals surface area contributed by atoms with Gasteiger partial charge in [-0.3, -0.25) is 9.59 Å². The lowest BCUT2D eigenvalue weighted by molar-refractivity contribution is -0.133. The van der Waals surface area contributed by atoms with Gasteiger partial charge in [0.25, 0.3) is 0 Å². The maximum atomic E-state index is 13.9. The number of benzene rings is 1. The zero-order chi connectivity index (χ0) is 29.9. The second-order valence-corrected chi connectivity index (χ2v) is 12.4. The molecule has 0 aliphatic heterocycles. The highest BCUT2D eigenvalue weighted by Crippen LogP contribution is 2.38. The van der Waals surface area contributed by atoms with Crippen molar-refractivity contribution in [3.8, 4) is 0 Å². The highest BCUT2D eigenvalue weighted by Gasteiger charge is 2.42. The molecule has 1 aromatic heterocycles. The fourth-order valence-electron chi connectivity index (χ4n) is 5.43. The van der Waals surface area contributed by atoms with Crippen LogP contribution in [0.1, 0.15) is 73.6 Å². The number of likely N-dealkylation sites (N-methyl/N-ethyl adjacent to an activating group) is 1. The van der Waals surface area contributed by atoms with Crippen LogP contribution in [0.3, 0.4) is 0 Å². The maximum absolute atomic E-state index is 13.9. The van der Waals surface area contributed by atoms with Crippen LogP contribution in [0.15, 0.2) is 35.9 Å². The molecule has 2 rings (SSSR count). The standard InChI is InChI=1S/C31H48N4O4/c1-12-22-24(20-15-13-14-16-23(20)35(22)11)31(8,9)26(32-10)28(37)34-25(30(5,6)7)27(36)33-21(18(2)3)17-19(4)29(38)39/h13-18,21,25-26,32H,12H2,1-11H3,(H,33,36)(H,34,37)(H,38,39)/t21-,25-,26-/m1/s1. The summed E-state index contributed by atoms with van der Waals surface area (Å²) in [5, 5.41) is 19.7. The number of aryl methyl sites for hydroxylation is 1. The van der Waals surface area contributed by atoms with E-state index in [4.69, 9.17) is 0 Å². The second-order valence-electron chi connectivity index (χ2n) is 12.4. The number of carboxylic acids is 1. The van der Waals surface area contributed by atoms with Crippen molar-refractivity contribution in [3.05, 3.63) is 47.2 Å². The third kappa shape index (κ3) is 6.90. The molecule has 0 fully saturated rings. The first-order valence-electron chi connectivity index (χ1n) is 13.7.